The first-order valence-corrected chi connectivity index (χ1v) is 5.88. The molecule has 1 aromatic carbocycles. The van der Waals surface area contributed by atoms with Gasteiger partial charge in [0.25, 0.3) is 0 Å². The largest absolute Gasteiger partial charge is 0.399 e. The highest BCUT2D eigenvalue weighted by atomic mass is 15.2. The summed E-state index contributed by atoms with van der Waals surface area (Å²) in [5.74, 6) is 0. The van der Waals surface area contributed by atoms with Gasteiger partial charge >= 0.3 is 0 Å². The summed E-state index contributed by atoms with van der Waals surface area (Å²) in [6.07, 6.45) is 3.99. The summed E-state index contributed by atoms with van der Waals surface area (Å²) in [5.41, 5.74) is 7.91. The predicted octanol–water partition coefficient (Wildman–Crippen LogP) is 2.64. The lowest BCUT2D eigenvalue weighted by atomic mass is 10.1. The third-order valence-electron chi connectivity index (χ3n) is 3.34. The van der Waals surface area contributed by atoms with E-state index in [1.165, 1.54) is 31.4 Å². The van der Waals surface area contributed by atoms with E-state index in [0.29, 0.717) is 0 Å². The summed E-state index contributed by atoms with van der Waals surface area (Å²) in [6, 6.07) is 9.06. The molecule has 2 N–H and O–H groups in total. The minimum Gasteiger partial charge on any atom is -0.399 e. The molecule has 1 unspecified atom stereocenters. The van der Waals surface area contributed by atoms with Crippen molar-refractivity contribution in [1.29, 1.82) is 0 Å². The van der Waals surface area contributed by atoms with E-state index in [2.05, 4.69) is 24.0 Å². The second-order valence-corrected chi connectivity index (χ2v) is 4.42. The fraction of sp³-hybridized carbons (Fsp3) is 0.538. The van der Waals surface area contributed by atoms with Gasteiger partial charge in [-0.15, -0.1) is 0 Å². The van der Waals surface area contributed by atoms with Crippen LogP contribution in [0.2, 0.25) is 0 Å². The maximum Gasteiger partial charge on any atom is 0.0314 e. The van der Waals surface area contributed by atoms with E-state index in [0.717, 1.165) is 18.3 Å². The van der Waals surface area contributed by atoms with Crippen LogP contribution in [0.25, 0.3) is 0 Å². The molecule has 1 aromatic rings. The fourth-order valence-corrected chi connectivity index (χ4v) is 2.42. The van der Waals surface area contributed by atoms with Gasteiger partial charge in [0.15, 0.2) is 0 Å². The third-order valence-corrected chi connectivity index (χ3v) is 3.34. The van der Waals surface area contributed by atoms with Crippen LogP contribution >= 0.6 is 0 Å². The number of likely N-dealkylation sites (tertiary alicyclic amines) is 1. The first-order chi connectivity index (χ1) is 7.29. The number of anilines is 1. The van der Waals surface area contributed by atoms with Crippen molar-refractivity contribution < 1.29 is 0 Å². The Kier molecular flexibility index (Phi) is 3.27. The average molecular weight is 204 g/mol. The molecule has 0 saturated carbocycles. The third kappa shape index (κ3) is 2.51. The molecule has 1 aliphatic rings. The lowest BCUT2D eigenvalue weighted by Gasteiger charge is -2.23. The van der Waals surface area contributed by atoms with Crippen molar-refractivity contribution in [2.24, 2.45) is 0 Å². The van der Waals surface area contributed by atoms with E-state index in [-0.39, 0.29) is 0 Å². The second kappa shape index (κ2) is 4.67. The standard InChI is InChI=1S/C13H20N2/c1-2-13-4-3-9-15(13)10-11-5-7-12(14)8-6-11/h5-8,13H,2-4,9-10,14H2,1H3. The molecule has 0 aliphatic carbocycles. The predicted molar refractivity (Wildman–Crippen MR) is 64.6 cm³/mol. The van der Waals surface area contributed by atoms with Gasteiger partial charge in [-0.25, -0.2) is 0 Å². The van der Waals surface area contributed by atoms with Crippen LogP contribution in [-0.2, 0) is 6.54 Å². The summed E-state index contributed by atoms with van der Waals surface area (Å²) < 4.78 is 0. The van der Waals surface area contributed by atoms with Crippen molar-refractivity contribution in [2.45, 2.75) is 38.8 Å². The maximum absolute atomic E-state index is 5.67. The van der Waals surface area contributed by atoms with Crippen molar-refractivity contribution >= 4 is 5.69 Å². The monoisotopic (exact) mass is 204 g/mol. The highest BCUT2D eigenvalue weighted by Gasteiger charge is 2.22. The van der Waals surface area contributed by atoms with Crippen molar-refractivity contribution in [3.05, 3.63) is 29.8 Å². The minimum atomic E-state index is 0.794. The van der Waals surface area contributed by atoms with Gasteiger partial charge in [-0.05, 0) is 43.5 Å². The zero-order chi connectivity index (χ0) is 10.7. The topological polar surface area (TPSA) is 29.3 Å². The number of nitrogens with zero attached hydrogens (tertiary/aromatic N) is 1. The lowest BCUT2D eigenvalue weighted by Crippen LogP contribution is -2.28. The molecule has 1 atom stereocenters. The van der Waals surface area contributed by atoms with Gasteiger partial charge in [0.05, 0.1) is 0 Å². The van der Waals surface area contributed by atoms with Crippen LogP contribution in [-0.4, -0.2) is 17.5 Å². The molecule has 2 heteroatoms. The first-order valence-electron chi connectivity index (χ1n) is 5.88. The highest BCUT2D eigenvalue weighted by Crippen LogP contribution is 2.22. The van der Waals surface area contributed by atoms with E-state index in [1.807, 2.05) is 12.1 Å². The van der Waals surface area contributed by atoms with E-state index in [4.69, 9.17) is 5.73 Å². The number of nitrogen functional groups attached to an aromatic ring is 1. The summed E-state index contributed by atoms with van der Waals surface area (Å²) in [7, 11) is 0. The van der Waals surface area contributed by atoms with Gasteiger partial charge in [-0.3, -0.25) is 4.90 Å². The van der Waals surface area contributed by atoms with Crippen molar-refractivity contribution in [1.82, 2.24) is 4.90 Å². The maximum atomic E-state index is 5.67. The van der Waals surface area contributed by atoms with Gasteiger partial charge in [-0.2, -0.15) is 0 Å². The van der Waals surface area contributed by atoms with E-state index in [1.54, 1.807) is 0 Å². The van der Waals surface area contributed by atoms with Crippen LogP contribution in [0.1, 0.15) is 31.7 Å². The van der Waals surface area contributed by atoms with Crippen LogP contribution < -0.4 is 5.73 Å². The van der Waals surface area contributed by atoms with Crippen LogP contribution in [0.3, 0.4) is 0 Å². The molecule has 0 bridgehead atoms. The Balaban J connectivity index is 1.99. The number of hydrogen-bond acceptors (Lipinski definition) is 2. The molecular formula is C13H20N2. The smallest absolute Gasteiger partial charge is 0.0314 e. The van der Waals surface area contributed by atoms with Gasteiger partial charge in [-0.1, -0.05) is 19.1 Å². The Labute approximate surface area is 92.1 Å². The molecule has 2 rings (SSSR count). The van der Waals surface area contributed by atoms with Crippen molar-refractivity contribution in [2.75, 3.05) is 12.3 Å². The summed E-state index contributed by atoms with van der Waals surface area (Å²) in [5, 5.41) is 0. The van der Waals surface area contributed by atoms with Crippen LogP contribution in [0.5, 0.6) is 0 Å². The zero-order valence-electron chi connectivity index (χ0n) is 9.45. The van der Waals surface area contributed by atoms with Gasteiger partial charge in [0, 0.05) is 18.3 Å². The Morgan fingerprint density at radius 1 is 1.33 bits per heavy atom. The Hall–Kier alpha value is -1.02. The Morgan fingerprint density at radius 3 is 2.73 bits per heavy atom. The van der Waals surface area contributed by atoms with Crippen LogP contribution in [0, 0.1) is 0 Å². The van der Waals surface area contributed by atoms with Crippen LogP contribution in [0.4, 0.5) is 5.69 Å². The second-order valence-electron chi connectivity index (χ2n) is 4.42. The zero-order valence-corrected chi connectivity index (χ0v) is 9.45. The first kappa shape index (κ1) is 10.5. The molecule has 1 saturated heterocycles. The molecule has 1 fully saturated rings. The molecule has 0 amide bonds. The van der Waals surface area contributed by atoms with Gasteiger partial charge in [0.1, 0.15) is 0 Å². The molecule has 0 spiro atoms. The fourth-order valence-electron chi connectivity index (χ4n) is 2.42. The number of benzene rings is 1. The molecule has 1 heterocycles. The van der Waals surface area contributed by atoms with Gasteiger partial charge in [0.2, 0.25) is 0 Å². The van der Waals surface area contributed by atoms with E-state index < -0.39 is 0 Å². The Bertz CT molecular complexity index is 305. The average Bonchev–Trinajstić information content (AvgIpc) is 2.69. The molecule has 0 radical (unpaired) electrons. The number of nitrogens with two attached hydrogens (primary N) is 1. The summed E-state index contributed by atoms with van der Waals surface area (Å²) in [4.78, 5) is 2.59. The summed E-state index contributed by atoms with van der Waals surface area (Å²) >= 11 is 0. The Morgan fingerprint density at radius 2 is 2.07 bits per heavy atom. The minimum absolute atomic E-state index is 0.794. The van der Waals surface area contributed by atoms with Crippen LogP contribution in [0.15, 0.2) is 24.3 Å². The molecule has 82 valence electrons. The number of rotatable bonds is 3. The van der Waals surface area contributed by atoms with Gasteiger partial charge < -0.3 is 5.73 Å². The quantitative estimate of drug-likeness (QED) is 0.767. The molecular weight excluding hydrogens is 184 g/mol. The molecule has 1 aliphatic heterocycles. The van der Waals surface area contributed by atoms with Crippen molar-refractivity contribution in [3.63, 3.8) is 0 Å². The van der Waals surface area contributed by atoms with E-state index in [9.17, 15) is 0 Å². The molecule has 2 nitrogen and oxygen atoms in total. The lowest BCUT2D eigenvalue weighted by molar-refractivity contribution is 0.240. The highest BCUT2D eigenvalue weighted by molar-refractivity contribution is 5.39. The SMILES string of the molecule is CCC1CCCN1Cc1ccc(N)cc1. The molecule has 0 aromatic heterocycles. The normalized spacial score (nSPS) is 22.1. The number of hydrogen-bond donors (Lipinski definition) is 1. The summed E-state index contributed by atoms with van der Waals surface area (Å²) in [6.45, 7) is 4.62. The van der Waals surface area contributed by atoms with E-state index >= 15 is 0 Å². The molecule has 15 heavy (non-hydrogen) atoms. The van der Waals surface area contributed by atoms with Crippen molar-refractivity contribution in [3.8, 4) is 0 Å².